The number of nitrogens with one attached hydrogen (secondary N) is 1. The number of amides is 1. The van der Waals surface area contributed by atoms with Crippen molar-refractivity contribution in [2.75, 3.05) is 13.1 Å². The highest BCUT2D eigenvalue weighted by Crippen LogP contribution is 2.29. The van der Waals surface area contributed by atoms with Crippen molar-refractivity contribution in [1.29, 1.82) is 0 Å². The van der Waals surface area contributed by atoms with Crippen molar-refractivity contribution in [3.63, 3.8) is 0 Å². The molecule has 0 bridgehead atoms. The number of aromatic amines is 1. The Morgan fingerprint density at radius 2 is 2.22 bits per heavy atom. The van der Waals surface area contributed by atoms with Gasteiger partial charge in [-0.1, -0.05) is 12.1 Å². The molecule has 23 heavy (non-hydrogen) atoms. The molecular formula is C18H18N4O. The molecular weight excluding hydrogens is 288 g/mol. The van der Waals surface area contributed by atoms with Gasteiger partial charge in [-0.25, -0.2) is 0 Å². The lowest BCUT2D eigenvalue weighted by atomic mass is 10.0. The van der Waals surface area contributed by atoms with Crippen LogP contribution in [0.1, 0.15) is 34.0 Å². The Hall–Kier alpha value is -2.69. The molecule has 1 N–H and O–H groups in total. The third kappa shape index (κ3) is 2.38. The highest BCUT2D eigenvalue weighted by Gasteiger charge is 2.30. The van der Waals surface area contributed by atoms with Crippen LogP contribution < -0.4 is 0 Å². The van der Waals surface area contributed by atoms with E-state index in [0.29, 0.717) is 5.92 Å². The van der Waals surface area contributed by atoms with Crippen LogP contribution in [0, 0.1) is 6.92 Å². The minimum Gasteiger partial charge on any atom is -0.338 e. The van der Waals surface area contributed by atoms with Crippen LogP contribution in [0.5, 0.6) is 0 Å². The number of rotatable bonds is 2. The second-order valence-corrected chi connectivity index (χ2v) is 6.08. The molecule has 1 saturated heterocycles. The van der Waals surface area contributed by atoms with Gasteiger partial charge in [-0.3, -0.25) is 14.9 Å². The zero-order chi connectivity index (χ0) is 15.8. The van der Waals surface area contributed by atoms with Crippen LogP contribution in [-0.4, -0.2) is 39.1 Å². The van der Waals surface area contributed by atoms with Crippen LogP contribution in [0.4, 0.5) is 0 Å². The minimum atomic E-state index is 0.0864. The number of carbonyl (C=O) groups excluding carboxylic acids is 1. The largest absolute Gasteiger partial charge is 0.338 e. The highest BCUT2D eigenvalue weighted by molar-refractivity contribution is 6.06. The van der Waals surface area contributed by atoms with Crippen molar-refractivity contribution < 1.29 is 4.79 Å². The second-order valence-electron chi connectivity index (χ2n) is 6.08. The SMILES string of the molecule is Cc1cn[nH]c1[C@@H]1CCN(C(=O)c2cccc3ncccc23)C1. The van der Waals surface area contributed by atoms with E-state index in [1.807, 2.05) is 41.4 Å². The molecule has 0 unspecified atom stereocenters. The van der Waals surface area contributed by atoms with Crippen molar-refractivity contribution in [2.45, 2.75) is 19.3 Å². The van der Waals surface area contributed by atoms with Gasteiger partial charge < -0.3 is 4.90 Å². The Kier molecular flexibility index (Phi) is 3.33. The number of fused-ring (bicyclic) bond motifs is 1. The van der Waals surface area contributed by atoms with E-state index < -0.39 is 0 Å². The first-order valence-corrected chi connectivity index (χ1v) is 7.87. The van der Waals surface area contributed by atoms with Crippen LogP contribution >= 0.6 is 0 Å². The first-order valence-electron chi connectivity index (χ1n) is 7.87. The maximum Gasteiger partial charge on any atom is 0.254 e. The summed E-state index contributed by atoms with van der Waals surface area (Å²) in [5, 5.41) is 8.09. The van der Waals surface area contributed by atoms with Crippen molar-refractivity contribution in [1.82, 2.24) is 20.1 Å². The molecule has 1 amide bonds. The van der Waals surface area contributed by atoms with Gasteiger partial charge in [-0.05, 0) is 37.1 Å². The van der Waals surface area contributed by atoms with E-state index in [-0.39, 0.29) is 5.91 Å². The van der Waals surface area contributed by atoms with Gasteiger partial charge in [-0.2, -0.15) is 5.10 Å². The summed E-state index contributed by atoms with van der Waals surface area (Å²) >= 11 is 0. The molecule has 1 atom stereocenters. The summed E-state index contributed by atoms with van der Waals surface area (Å²) in [6.07, 6.45) is 4.57. The predicted molar refractivity (Wildman–Crippen MR) is 88.3 cm³/mol. The van der Waals surface area contributed by atoms with Gasteiger partial charge in [0.2, 0.25) is 0 Å². The van der Waals surface area contributed by atoms with Crippen LogP contribution in [0.2, 0.25) is 0 Å². The first kappa shape index (κ1) is 13.9. The Morgan fingerprint density at radius 1 is 1.30 bits per heavy atom. The van der Waals surface area contributed by atoms with Gasteiger partial charge in [-0.15, -0.1) is 0 Å². The molecule has 4 rings (SSSR count). The predicted octanol–water partition coefficient (Wildman–Crippen LogP) is 2.90. The molecule has 0 saturated carbocycles. The Morgan fingerprint density at radius 3 is 3.04 bits per heavy atom. The molecule has 1 fully saturated rings. The van der Waals surface area contributed by atoms with E-state index in [0.717, 1.165) is 41.7 Å². The van der Waals surface area contributed by atoms with Crippen molar-refractivity contribution >= 4 is 16.8 Å². The molecule has 0 spiro atoms. The monoisotopic (exact) mass is 306 g/mol. The number of hydrogen-bond donors (Lipinski definition) is 1. The standard InChI is InChI=1S/C18H18N4O/c1-12-10-20-21-17(12)13-7-9-22(11-13)18(23)15-4-2-6-16-14(15)5-3-8-19-16/h2-6,8,10,13H,7,9,11H2,1H3,(H,20,21)/t13-/m1/s1. The maximum absolute atomic E-state index is 12.9. The number of nitrogens with zero attached hydrogens (tertiary/aromatic N) is 3. The number of pyridine rings is 1. The van der Waals surface area contributed by atoms with E-state index in [1.165, 1.54) is 5.56 Å². The Balaban J connectivity index is 1.61. The summed E-state index contributed by atoms with van der Waals surface area (Å²) in [6, 6.07) is 9.56. The van der Waals surface area contributed by atoms with E-state index >= 15 is 0 Å². The Bertz CT molecular complexity index is 865. The summed E-state index contributed by atoms with van der Waals surface area (Å²) in [6.45, 7) is 3.57. The van der Waals surface area contributed by atoms with Gasteiger partial charge in [0.1, 0.15) is 0 Å². The smallest absolute Gasteiger partial charge is 0.254 e. The second kappa shape index (κ2) is 5.50. The van der Waals surface area contributed by atoms with E-state index in [1.54, 1.807) is 6.20 Å². The highest BCUT2D eigenvalue weighted by atomic mass is 16.2. The molecule has 3 aromatic rings. The first-order chi connectivity index (χ1) is 11.2. The molecule has 5 nitrogen and oxygen atoms in total. The molecule has 0 aliphatic carbocycles. The molecule has 0 radical (unpaired) electrons. The van der Waals surface area contributed by atoms with Crippen molar-refractivity contribution in [3.05, 3.63) is 59.5 Å². The molecule has 1 aromatic carbocycles. The molecule has 1 aliphatic heterocycles. The number of hydrogen-bond acceptors (Lipinski definition) is 3. The number of aryl methyl sites for hydroxylation is 1. The van der Waals surface area contributed by atoms with Crippen molar-refractivity contribution in [2.24, 2.45) is 0 Å². The molecule has 2 aromatic heterocycles. The van der Waals surface area contributed by atoms with E-state index in [9.17, 15) is 4.79 Å². The third-order valence-corrected chi connectivity index (χ3v) is 4.63. The summed E-state index contributed by atoms with van der Waals surface area (Å²) < 4.78 is 0. The fraction of sp³-hybridized carbons (Fsp3) is 0.278. The average molecular weight is 306 g/mol. The number of likely N-dealkylation sites (tertiary alicyclic amines) is 1. The number of aromatic nitrogens is 3. The number of carbonyl (C=O) groups is 1. The van der Waals surface area contributed by atoms with Gasteiger partial charge in [0.15, 0.2) is 0 Å². The lowest BCUT2D eigenvalue weighted by molar-refractivity contribution is 0.0792. The fourth-order valence-electron chi connectivity index (χ4n) is 3.41. The molecule has 3 heterocycles. The quantitative estimate of drug-likeness (QED) is 0.792. The van der Waals surface area contributed by atoms with Crippen LogP contribution in [0.15, 0.2) is 42.7 Å². The Labute approximate surface area is 134 Å². The molecule has 1 aliphatic rings. The zero-order valence-electron chi connectivity index (χ0n) is 13.0. The van der Waals surface area contributed by atoms with Crippen LogP contribution in [0.3, 0.4) is 0 Å². The van der Waals surface area contributed by atoms with Gasteiger partial charge >= 0.3 is 0 Å². The zero-order valence-corrected chi connectivity index (χ0v) is 13.0. The topological polar surface area (TPSA) is 61.9 Å². The lowest BCUT2D eigenvalue weighted by Gasteiger charge is -2.17. The van der Waals surface area contributed by atoms with E-state index in [2.05, 4.69) is 22.1 Å². The molecule has 5 heteroatoms. The van der Waals surface area contributed by atoms with Crippen molar-refractivity contribution in [3.8, 4) is 0 Å². The number of benzene rings is 1. The molecule has 116 valence electrons. The third-order valence-electron chi connectivity index (χ3n) is 4.63. The summed E-state index contributed by atoms with van der Waals surface area (Å²) in [7, 11) is 0. The minimum absolute atomic E-state index is 0.0864. The maximum atomic E-state index is 12.9. The normalized spacial score (nSPS) is 17.8. The summed E-state index contributed by atoms with van der Waals surface area (Å²) in [4.78, 5) is 19.2. The summed E-state index contributed by atoms with van der Waals surface area (Å²) in [5.74, 6) is 0.429. The van der Waals surface area contributed by atoms with Crippen LogP contribution in [-0.2, 0) is 0 Å². The lowest BCUT2D eigenvalue weighted by Crippen LogP contribution is -2.28. The van der Waals surface area contributed by atoms with Gasteiger partial charge in [0, 0.05) is 41.8 Å². The van der Waals surface area contributed by atoms with E-state index in [4.69, 9.17) is 0 Å². The number of H-pyrrole nitrogens is 1. The van der Waals surface area contributed by atoms with Crippen LogP contribution in [0.25, 0.3) is 10.9 Å². The average Bonchev–Trinajstić information content (AvgIpc) is 3.22. The summed E-state index contributed by atoms with van der Waals surface area (Å²) in [5.41, 5.74) is 3.91. The van der Waals surface area contributed by atoms with Gasteiger partial charge in [0.05, 0.1) is 11.7 Å². The van der Waals surface area contributed by atoms with Gasteiger partial charge in [0.25, 0.3) is 5.91 Å². The fourth-order valence-corrected chi connectivity index (χ4v) is 3.41.